The minimum absolute atomic E-state index is 0.115. The molecule has 0 bridgehead atoms. The summed E-state index contributed by atoms with van der Waals surface area (Å²) in [6.45, 7) is 6.66. The molecule has 1 heterocycles. The summed E-state index contributed by atoms with van der Waals surface area (Å²) >= 11 is 0. The van der Waals surface area contributed by atoms with Crippen LogP contribution in [-0.2, 0) is 9.59 Å². The summed E-state index contributed by atoms with van der Waals surface area (Å²) in [6, 6.07) is 14.0. The number of ether oxygens (including phenoxy) is 1. The summed E-state index contributed by atoms with van der Waals surface area (Å²) < 4.78 is 5.43. The molecule has 2 aromatic carbocycles. The lowest BCUT2D eigenvalue weighted by atomic mass is 10.1. The summed E-state index contributed by atoms with van der Waals surface area (Å²) in [5, 5.41) is 5.50. The smallest absolute Gasteiger partial charge is 0.253 e. The van der Waals surface area contributed by atoms with E-state index in [-0.39, 0.29) is 30.7 Å². The quantitative estimate of drug-likeness (QED) is 0.659. The Kier molecular flexibility index (Phi) is 6.85. The van der Waals surface area contributed by atoms with Gasteiger partial charge in [-0.05, 0) is 43.3 Å². The predicted molar refractivity (Wildman–Crippen MR) is 116 cm³/mol. The van der Waals surface area contributed by atoms with Crippen LogP contribution >= 0.6 is 0 Å². The van der Waals surface area contributed by atoms with Crippen molar-refractivity contribution in [2.75, 3.05) is 29.9 Å². The Morgan fingerprint density at radius 3 is 2.63 bits per heavy atom. The standard InChI is InChI=1S/C23H25N3O4/c1-3-13-24-23(29)19-7-5-6-8-20(19)25-22(28)16-14-21(27)26(15-16)17-9-11-18(12-10-17)30-4-2/h3,5-12,16H,1,4,13-15H2,2H3,(H,24,29)(H,25,28)/t16-/m1/s1. The molecule has 3 rings (SSSR count). The van der Waals surface area contributed by atoms with Crippen LogP contribution < -0.4 is 20.3 Å². The van der Waals surface area contributed by atoms with E-state index in [1.807, 2.05) is 19.1 Å². The average molecular weight is 407 g/mol. The molecule has 1 fully saturated rings. The number of hydrogen-bond donors (Lipinski definition) is 2. The lowest BCUT2D eigenvalue weighted by Gasteiger charge is -2.17. The molecule has 0 radical (unpaired) electrons. The summed E-state index contributed by atoms with van der Waals surface area (Å²) in [4.78, 5) is 39.2. The Balaban J connectivity index is 1.68. The van der Waals surface area contributed by atoms with E-state index in [0.29, 0.717) is 24.4 Å². The zero-order chi connectivity index (χ0) is 21.5. The fourth-order valence-electron chi connectivity index (χ4n) is 3.31. The van der Waals surface area contributed by atoms with Gasteiger partial charge in [-0.3, -0.25) is 14.4 Å². The molecule has 7 heteroatoms. The third-order valence-electron chi connectivity index (χ3n) is 4.79. The first-order valence-corrected chi connectivity index (χ1v) is 9.85. The number of carbonyl (C=O) groups excluding carboxylic acids is 3. The molecule has 7 nitrogen and oxygen atoms in total. The van der Waals surface area contributed by atoms with Crippen LogP contribution in [0.15, 0.2) is 61.2 Å². The van der Waals surface area contributed by atoms with Crippen molar-refractivity contribution in [2.24, 2.45) is 5.92 Å². The highest BCUT2D eigenvalue weighted by atomic mass is 16.5. The molecule has 0 spiro atoms. The van der Waals surface area contributed by atoms with Crippen molar-refractivity contribution in [3.8, 4) is 5.75 Å². The predicted octanol–water partition coefficient (Wildman–Crippen LogP) is 2.99. The van der Waals surface area contributed by atoms with E-state index >= 15 is 0 Å². The molecule has 0 unspecified atom stereocenters. The van der Waals surface area contributed by atoms with E-state index < -0.39 is 5.92 Å². The number of para-hydroxylation sites is 1. The second kappa shape index (κ2) is 9.73. The van der Waals surface area contributed by atoms with Crippen LogP contribution in [0, 0.1) is 5.92 Å². The maximum absolute atomic E-state index is 12.8. The van der Waals surface area contributed by atoms with Crippen molar-refractivity contribution in [1.82, 2.24) is 5.32 Å². The van der Waals surface area contributed by atoms with Gasteiger partial charge >= 0.3 is 0 Å². The first-order chi connectivity index (χ1) is 14.5. The third-order valence-corrected chi connectivity index (χ3v) is 4.79. The van der Waals surface area contributed by atoms with Crippen LogP contribution in [0.4, 0.5) is 11.4 Å². The highest BCUT2D eigenvalue weighted by Gasteiger charge is 2.35. The van der Waals surface area contributed by atoms with Gasteiger partial charge < -0.3 is 20.3 Å². The van der Waals surface area contributed by atoms with Crippen molar-refractivity contribution >= 4 is 29.1 Å². The summed E-state index contributed by atoms with van der Waals surface area (Å²) in [5.41, 5.74) is 1.50. The lowest BCUT2D eigenvalue weighted by molar-refractivity contribution is -0.122. The first kappa shape index (κ1) is 21.1. The number of benzene rings is 2. The van der Waals surface area contributed by atoms with Gasteiger partial charge in [-0.15, -0.1) is 6.58 Å². The Morgan fingerprint density at radius 2 is 1.93 bits per heavy atom. The van der Waals surface area contributed by atoms with Crippen LogP contribution in [0.25, 0.3) is 0 Å². The minimum Gasteiger partial charge on any atom is -0.494 e. The van der Waals surface area contributed by atoms with Crippen LogP contribution in [0.5, 0.6) is 5.75 Å². The van der Waals surface area contributed by atoms with Gasteiger partial charge in [0.05, 0.1) is 23.8 Å². The Bertz CT molecular complexity index is 940. The second-order valence-electron chi connectivity index (χ2n) is 6.87. The van der Waals surface area contributed by atoms with Crippen molar-refractivity contribution in [2.45, 2.75) is 13.3 Å². The zero-order valence-corrected chi connectivity index (χ0v) is 16.9. The van der Waals surface area contributed by atoms with Crippen LogP contribution in [0.1, 0.15) is 23.7 Å². The molecule has 30 heavy (non-hydrogen) atoms. The molecule has 0 aromatic heterocycles. The van der Waals surface area contributed by atoms with E-state index in [0.717, 1.165) is 11.4 Å². The summed E-state index contributed by atoms with van der Waals surface area (Å²) in [6.07, 6.45) is 1.70. The molecule has 1 saturated heterocycles. The molecule has 0 aliphatic carbocycles. The second-order valence-corrected chi connectivity index (χ2v) is 6.87. The molecule has 3 amide bonds. The number of anilines is 2. The van der Waals surface area contributed by atoms with Crippen LogP contribution in [0.2, 0.25) is 0 Å². The highest BCUT2D eigenvalue weighted by molar-refractivity contribution is 6.07. The topological polar surface area (TPSA) is 87.7 Å². The van der Waals surface area contributed by atoms with E-state index in [4.69, 9.17) is 4.74 Å². The molecule has 0 saturated carbocycles. The van der Waals surface area contributed by atoms with Gasteiger partial charge in [0, 0.05) is 25.2 Å². The molecule has 1 aliphatic rings. The summed E-state index contributed by atoms with van der Waals surface area (Å²) in [7, 11) is 0. The highest BCUT2D eigenvalue weighted by Crippen LogP contribution is 2.28. The van der Waals surface area contributed by atoms with E-state index in [2.05, 4.69) is 17.2 Å². The van der Waals surface area contributed by atoms with Crippen molar-refractivity contribution in [3.05, 3.63) is 66.7 Å². The monoisotopic (exact) mass is 407 g/mol. The molecule has 2 N–H and O–H groups in total. The number of rotatable bonds is 8. The van der Waals surface area contributed by atoms with Gasteiger partial charge in [-0.1, -0.05) is 18.2 Å². The van der Waals surface area contributed by atoms with Gasteiger partial charge in [0.2, 0.25) is 11.8 Å². The van der Waals surface area contributed by atoms with E-state index in [1.165, 1.54) is 0 Å². The van der Waals surface area contributed by atoms with Crippen LogP contribution in [0.3, 0.4) is 0 Å². The van der Waals surface area contributed by atoms with Crippen molar-refractivity contribution < 1.29 is 19.1 Å². The number of hydrogen-bond acceptors (Lipinski definition) is 4. The lowest BCUT2D eigenvalue weighted by Crippen LogP contribution is -2.29. The Morgan fingerprint density at radius 1 is 1.20 bits per heavy atom. The number of nitrogens with zero attached hydrogens (tertiary/aromatic N) is 1. The van der Waals surface area contributed by atoms with Gasteiger partial charge in [0.25, 0.3) is 5.91 Å². The normalized spacial score (nSPS) is 15.6. The number of nitrogens with one attached hydrogen (secondary N) is 2. The average Bonchev–Trinajstić information content (AvgIpc) is 3.15. The maximum atomic E-state index is 12.8. The molecular weight excluding hydrogens is 382 g/mol. The SMILES string of the molecule is C=CCNC(=O)c1ccccc1NC(=O)[C@@H]1CC(=O)N(c2ccc(OCC)cc2)C1. The minimum atomic E-state index is -0.506. The van der Waals surface area contributed by atoms with Gasteiger partial charge in [0.15, 0.2) is 0 Å². The molecule has 2 aromatic rings. The van der Waals surface area contributed by atoms with E-state index in [1.54, 1.807) is 47.4 Å². The number of carbonyl (C=O) groups is 3. The number of amides is 3. The zero-order valence-electron chi connectivity index (χ0n) is 16.9. The molecular formula is C23H25N3O4. The fourth-order valence-corrected chi connectivity index (χ4v) is 3.31. The van der Waals surface area contributed by atoms with Crippen molar-refractivity contribution in [1.29, 1.82) is 0 Å². The van der Waals surface area contributed by atoms with E-state index in [9.17, 15) is 14.4 Å². The van der Waals surface area contributed by atoms with Gasteiger partial charge in [-0.2, -0.15) is 0 Å². The Labute approximate surface area is 175 Å². The first-order valence-electron chi connectivity index (χ1n) is 9.85. The molecule has 1 aliphatic heterocycles. The third kappa shape index (κ3) is 4.86. The molecule has 1 atom stereocenters. The fraction of sp³-hybridized carbons (Fsp3) is 0.261. The maximum Gasteiger partial charge on any atom is 0.253 e. The summed E-state index contributed by atoms with van der Waals surface area (Å²) in [5.74, 6) is -0.483. The largest absolute Gasteiger partial charge is 0.494 e. The van der Waals surface area contributed by atoms with Gasteiger partial charge in [0.1, 0.15) is 5.75 Å². The van der Waals surface area contributed by atoms with Crippen LogP contribution in [-0.4, -0.2) is 37.4 Å². The Hall–Kier alpha value is -3.61. The van der Waals surface area contributed by atoms with Gasteiger partial charge in [-0.25, -0.2) is 0 Å². The molecule has 156 valence electrons. The van der Waals surface area contributed by atoms with Crippen molar-refractivity contribution in [3.63, 3.8) is 0 Å².